The van der Waals surface area contributed by atoms with E-state index in [9.17, 15) is 4.79 Å². The molecule has 0 saturated heterocycles. The highest BCUT2D eigenvalue weighted by atomic mass is 16.6. The molecule has 5 rings (SSSR count). The summed E-state index contributed by atoms with van der Waals surface area (Å²) in [5.41, 5.74) is 5.39. The van der Waals surface area contributed by atoms with Gasteiger partial charge in [-0.15, -0.1) is 0 Å². The number of anilines is 3. The van der Waals surface area contributed by atoms with Crippen molar-refractivity contribution in [2.45, 2.75) is 19.9 Å². The highest BCUT2D eigenvalue weighted by Gasteiger charge is 2.17. The quantitative estimate of drug-likeness (QED) is 0.225. The standard InChI is InChI=1S/C28H31N7O4/c1-3-23-24(33-28(36)39-14-13-38-12-11-37-2)18-35-26(23)27(29-19-31-35)32-22-9-10-25-21(15-22)16-30-34(25)17-20-7-5-4-6-8-20/h4-10,15-16,18-19H,3,11-14,17H2,1-2H3,(H,33,36)(H,29,31,32). The van der Waals surface area contributed by atoms with Gasteiger partial charge in [0.15, 0.2) is 5.82 Å². The van der Waals surface area contributed by atoms with E-state index < -0.39 is 6.09 Å². The van der Waals surface area contributed by atoms with Crippen molar-refractivity contribution >= 4 is 39.7 Å². The first-order valence-electron chi connectivity index (χ1n) is 12.8. The Balaban J connectivity index is 1.31. The van der Waals surface area contributed by atoms with E-state index in [1.165, 1.54) is 11.9 Å². The van der Waals surface area contributed by atoms with Crippen molar-refractivity contribution in [1.29, 1.82) is 0 Å². The summed E-state index contributed by atoms with van der Waals surface area (Å²) >= 11 is 0. The SMILES string of the molecule is CCc1c(NC(=O)OCCOCCOC)cn2ncnc(Nc3ccc4c(cnn4Cc4ccccc4)c3)c12. The number of aromatic nitrogens is 5. The third-order valence-electron chi connectivity index (χ3n) is 6.24. The van der Waals surface area contributed by atoms with Crippen molar-refractivity contribution in [2.24, 2.45) is 0 Å². The molecule has 0 fully saturated rings. The molecule has 0 spiro atoms. The van der Waals surface area contributed by atoms with Gasteiger partial charge in [0.25, 0.3) is 0 Å². The van der Waals surface area contributed by atoms with Gasteiger partial charge < -0.3 is 19.5 Å². The predicted octanol–water partition coefficient (Wildman–Crippen LogP) is 4.64. The fraction of sp³-hybridized carbons (Fsp3) is 0.286. The van der Waals surface area contributed by atoms with Gasteiger partial charge >= 0.3 is 6.09 Å². The van der Waals surface area contributed by atoms with Crippen LogP contribution in [0.1, 0.15) is 18.1 Å². The molecule has 0 unspecified atom stereocenters. The molecule has 39 heavy (non-hydrogen) atoms. The van der Waals surface area contributed by atoms with E-state index in [4.69, 9.17) is 14.2 Å². The van der Waals surface area contributed by atoms with Crippen molar-refractivity contribution in [3.63, 3.8) is 0 Å². The molecule has 202 valence electrons. The fourth-order valence-electron chi connectivity index (χ4n) is 4.40. The number of aryl methyl sites for hydroxylation is 1. The van der Waals surface area contributed by atoms with E-state index in [2.05, 4.69) is 37.9 Å². The number of hydrogen-bond donors (Lipinski definition) is 2. The van der Waals surface area contributed by atoms with E-state index in [1.807, 2.05) is 54.2 Å². The summed E-state index contributed by atoms with van der Waals surface area (Å²) in [6.45, 7) is 4.09. The molecule has 0 saturated carbocycles. The van der Waals surface area contributed by atoms with Gasteiger partial charge in [0.2, 0.25) is 0 Å². The number of methoxy groups -OCH3 is 1. The maximum absolute atomic E-state index is 12.4. The summed E-state index contributed by atoms with van der Waals surface area (Å²) < 4.78 is 19.2. The normalized spacial score (nSPS) is 11.2. The summed E-state index contributed by atoms with van der Waals surface area (Å²) in [5, 5.41) is 16.2. The van der Waals surface area contributed by atoms with Crippen LogP contribution >= 0.6 is 0 Å². The molecule has 2 aromatic carbocycles. The van der Waals surface area contributed by atoms with Crippen molar-refractivity contribution in [3.8, 4) is 0 Å². The lowest BCUT2D eigenvalue weighted by Crippen LogP contribution is -2.17. The minimum absolute atomic E-state index is 0.140. The number of ether oxygens (including phenoxy) is 3. The maximum Gasteiger partial charge on any atom is 0.411 e. The highest BCUT2D eigenvalue weighted by Crippen LogP contribution is 2.30. The van der Waals surface area contributed by atoms with Gasteiger partial charge in [-0.3, -0.25) is 10.00 Å². The second-order valence-electron chi connectivity index (χ2n) is 8.83. The molecule has 0 aliphatic heterocycles. The molecule has 0 aliphatic rings. The van der Waals surface area contributed by atoms with E-state index in [0.29, 0.717) is 44.3 Å². The number of hydrogen-bond acceptors (Lipinski definition) is 8. The lowest BCUT2D eigenvalue weighted by Gasteiger charge is -2.10. The first-order chi connectivity index (χ1) is 19.2. The molecule has 1 amide bonds. The number of rotatable bonds is 12. The van der Waals surface area contributed by atoms with Crippen molar-refractivity contribution in [2.75, 3.05) is 44.2 Å². The summed E-state index contributed by atoms with van der Waals surface area (Å²) in [6.07, 6.45) is 5.19. The van der Waals surface area contributed by atoms with Crippen LogP contribution in [0, 0.1) is 0 Å². The first kappa shape index (κ1) is 26.1. The van der Waals surface area contributed by atoms with Gasteiger partial charge in [-0.05, 0) is 30.2 Å². The van der Waals surface area contributed by atoms with Crippen molar-refractivity contribution in [1.82, 2.24) is 24.4 Å². The largest absolute Gasteiger partial charge is 0.447 e. The molecular formula is C28H31N7O4. The first-order valence-corrected chi connectivity index (χ1v) is 12.8. The Kier molecular flexibility index (Phi) is 8.29. The van der Waals surface area contributed by atoms with Gasteiger partial charge in [-0.25, -0.2) is 14.3 Å². The fourth-order valence-corrected chi connectivity index (χ4v) is 4.40. The average Bonchev–Trinajstić information content (AvgIpc) is 3.51. The van der Waals surface area contributed by atoms with E-state index >= 15 is 0 Å². The van der Waals surface area contributed by atoms with E-state index in [-0.39, 0.29) is 6.61 Å². The van der Waals surface area contributed by atoms with Crippen LogP contribution in [0.2, 0.25) is 0 Å². The third kappa shape index (κ3) is 6.16. The molecule has 0 bridgehead atoms. The minimum atomic E-state index is -0.559. The Morgan fingerprint density at radius 1 is 1.03 bits per heavy atom. The topological polar surface area (TPSA) is 117 Å². The molecule has 11 heteroatoms. The Hall–Kier alpha value is -4.48. The van der Waals surface area contributed by atoms with Crippen LogP contribution < -0.4 is 10.6 Å². The van der Waals surface area contributed by atoms with Crippen LogP contribution in [0.5, 0.6) is 0 Å². The predicted molar refractivity (Wildman–Crippen MR) is 149 cm³/mol. The highest BCUT2D eigenvalue weighted by molar-refractivity contribution is 5.91. The zero-order chi connectivity index (χ0) is 27.0. The number of carbonyl (C=O) groups excluding carboxylic acids is 1. The van der Waals surface area contributed by atoms with Crippen LogP contribution in [-0.4, -0.2) is 64.0 Å². The molecule has 3 heterocycles. The molecule has 0 atom stereocenters. The van der Waals surface area contributed by atoms with Gasteiger partial charge in [0.05, 0.1) is 50.0 Å². The molecular weight excluding hydrogens is 498 g/mol. The second kappa shape index (κ2) is 12.4. The molecule has 11 nitrogen and oxygen atoms in total. The molecule has 2 N–H and O–H groups in total. The molecule has 0 aliphatic carbocycles. The Labute approximate surface area is 225 Å². The number of benzene rings is 2. The average molecular weight is 530 g/mol. The van der Waals surface area contributed by atoms with Gasteiger partial charge in [0, 0.05) is 23.7 Å². The zero-order valence-corrected chi connectivity index (χ0v) is 22.0. The Bertz CT molecular complexity index is 1550. The molecule has 5 aromatic rings. The smallest absolute Gasteiger partial charge is 0.411 e. The summed E-state index contributed by atoms with van der Waals surface area (Å²) in [4.78, 5) is 16.9. The van der Waals surface area contributed by atoms with Gasteiger partial charge in [-0.1, -0.05) is 37.3 Å². The van der Waals surface area contributed by atoms with Crippen LogP contribution in [0.3, 0.4) is 0 Å². The number of nitrogens with one attached hydrogen (secondary N) is 2. The Morgan fingerprint density at radius 3 is 2.69 bits per heavy atom. The van der Waals surface area contributed by atoms with Crippen LogP contribution in [-0.2, 0) is 27.2 Å². The number of carbonyl (C=O) groups is 1. The van der Waals surface area contributed by atoms with E-state index in [0.717, 1.165) is 27.7 Å². The monoisotopic (exact) mass is 529 g/mol. The Morgan fingerprint density at radius 2 is 1.87 bits per heavy atom. The second-order valence-corrected chi connectivity index (χ2v) is 8.83. The molecule has 3 aromatic heterocycles. The zero-order valence-electron chi connectivity index (χ0n) is 22.0. The maximum atomic E-state index is 12.4. The summed E-state index contributed by atoms with van der Waals surface area (Å²) in [5.74, 6) is 0.630. The number of amides is 1. The van der Waals surface area contributed by atoms with Crippen molar-refractivity contribution in [3.05, 3.63) is 78.4 Å². The molecule has 0 radical (unpaired) electrons. The van der Waals surface area contributed by atoms with Crippen molar-refractivity contribution < 1.29 is 19.0 Å². The lowest BCUT2D eigenvalue weighted by molar-refractivity contribution is 0.0447. The van der Waals surface area contributed by atoms with Crippen LogP contribution in [0.15, 0.2) is 67.3 Å². The minimum Gasteiger partial charge on any atom is -0.447 e. The lowest BCUT2D eigenvalue weighted by atomic mass is 10.2. The van der Waals surface area contributed by atoms with Gasteiger partial charge in [0.1, 0.15) is 18.5 Å². The number of nitrogens with zero attached hydrogens (tertiary/aromatic N) is 5. The van der Waals surface area contributed by atoms with Crippen LogP contribution in [0.25, 0.3) is 16.4 Å². The van der Waals surface area contributed by atoms with Crippen LogP contribution in [0.4, 0.5) is 22.0 Å². The summed E-state index contributed by atoms with van der Waals surface area (Å²) in [7, 11) is 1.60. The van der Waals surface area contributed by atoms with Gasteiger partial charge in [-0.2, -0.15) is 10.2 Å². The third-order valence-corrected chi connectivity index (χ3v) is 6.24. The number of fused-ring (bicyclic) bond motifs is 2. The van der Waals surface area contributed by atoms with E-state index in [1.54, 1.807) is 17.8 Å². The summed E-state index contributed by atoms with van der Waals surface area (Å²) in [6, 6.07) is 16.3.